The molecule has 114 valence electrons. The van der Waals surface area contributed by atoms with Crippen molar-refractivity contribution < 1.29 is 4.79 Å². The Balaban J connectivity index is 1.74. The fourth-order valence-electron chi connectivity index (χ4n) is 2.78. The van der Waals surface area contributed by atoms with Crippen LogP contribution in [-0.4, -0.2) is 53.0 Å². The molecule has 21 heavy (non-hydrogen) atoms. The van der Waals surface area contributed by atoms with E-state index in [0.29, 0.717) is 6.04 Å². The number of amides is 1. The van der Waals surface area contributed by atoms with Crippen LogP contribution in [0.15, 0.2) is 18.5 Å². The van der Waals surface area contributed by atoms with Gasteiger partial charge in [0.05, 0.1) is 9.58 Å². The molecular formula is C16H23N3OS. The molecule has 3 rings (SSSR count). The molecule has 0 atom stereocenters. The summed E-state index contributed by atoms with van der Waals surface area (Å²) in [7, 11) is 0. The van der Waals surface area contributed by atoms with E-state index in [1.807, 2.05) is 11.0 Å². The first-order chi connectivity index (χ1) is 10.1. The molecule has 0 radical (unpaired) electrons. The normalized spacial score (nSPS) is 17.0. The Morgan fingerprint density at radius 2 is 1.95 bits per heavy atom. The maximum absolute atomic E-state index is 12.6. The van der Waals surface area contributed by atoms with E-state index in [1.54, 1.807) is 11.3 Å². The van der Waals surface area contributed by atoms with Gasteiger partial charge in [-0.25, -0.2) is 0 Å². The molecule has 1 aliphatic heterocycles. The number of nitrogens with zero attached hydrogens (tertiary/aromatic N) is 3. The van der Waals surface area contributed by atoms with Crippen LogP contribution in [0.4, 0.5) is 0 Å². The number of fused-ring (bicyclic) bond motifs is 1. The van der Waals surface area contributed by atoms with Crippen LogP contribution in [0.2, 0.25) is 0 Å². The van der Waals surface area contributed by atoms with Crippen LogP contribution < -0.4 is 0 Å². The molecule has 1 saturated heterocycles. The van der Waals surface area contributed by atoms with E-state index < -0.39 is 0 Å². The minimum Gasteiger partial charge on any atom is -0.350 e. The third-order valence-corrected chi connectivity index (χ3v) is 5.33. The van der Waals surface area contributed by atoms with Gasteiger partial charge in [0.2, 0.25) is 0 Å². The molecule has 1 amide bonds. The average molecular weight is 305 g/mol. The number of rotatable bonds is 3. The van der Waals surface area contributed by atoms with Crippen molar-refractivity contribution in [2.45, 2.75) is 26.8 Å². The van der Waals surface area contributed by atoms with Crippen LogP contribution in [0, 0.1) is 0 Å². The fourth-order valence-corrected chi connectivity index (χ4v) is 3.82. The van der Waals surface area contributed by atoms with Crippen LogP contribution in [0.1, 0.15) is 36.5 Å². The van der Waals surface area contributed by atoms with E-state index in [1.165, 1.54) is 10.1 Å². The Labute approximate surface area is 129 Å². The lowest BCUT2D eigenvalue weighted by Gasteiger charge is -2.33. The van der Waals surface area contributed by atoms with Crippen LogP contribution >= 0.6 is 11.3 Å². The smallest absolute Gasteiger partial charge is 0.264 e. The standard InChI is InChI=1S/C16H23N3OS/c1-4-17-5-7-18(8-6-17)16(20)14-9-13-10-19(12(2)3)11-15(13)21-14/h9-12H,4-8H2,1-3H3. The largest absolute Gasteiger partial charge is 0.350 e. The number of carbonyl (C=O) groups is 1. The zero-order chi connectivity index (χ0) is 15.0. The summed E-state index contributed by atoms with van der Waals surface area (Å²) in [5.74, 6) is 0.197. The van der Waals surface area contributed by atoms with E-state index >= 15 is 0 Å². The van der Waals surface area contributed by atoms with Crippen LogP contribution in [0.5, 0.6) is 0 Å². The number of carbonyl (C=O) groups excluding carboxylic acids is 1. The van der Waals surface area contributed by atoms with Crippen molar-refractivity contribution in [3.05, 3.63) is 23.3 Å². The lowest BCUT2D eigenvalue weighted by molar-refractivity contribution is 0.0648. The predicted octanol–water partition coefficient (Wildman–Crippen LogP) is 3.06. The van der Waals surface area contributed by atoms with Crippen molar-refractivity contribution in [2.75, 3.05) is 32.7 Å². The van der Waals surface area contributed by atoms with Crippen molar-refractivity contribution >= 4 is 27.3 Å². The lowest BCUT2D eigenvalue weighted by Crippen LogP contribution is -2.48. The molecule has 0 unspecified atom stereocenters. The Kier molecular flexibility index (Phi) is 4.04. The van der Waals surface area contributed by atoms with Gasteiger partial charge in [-0.05, 0) is 26.5 Å². The molecule has 1 fully saturated rings. The van der Waals surface area contributed by atoms with Crippen molar-refractivity contribution in [3.8, 4) is 0 Å². The summed E-state index contributed by atoms with van der Waals surface area (Å²) in [4.78, 5) is 17.9. The van der Waals surface area contributed by atoms with Gasteiger partial charge in [0, 0.05) is 50.0 Å². The van der Waals surface area contributed by atoms with Gasteiger partial charge in [0.1, 0.15) is 0 Å². The highest BCUT2D eigenvalue weighted by Crippen LogP contribution is 2.29. The van der Waals surface area contributed by atoms with E-state index in [4.69, 9.17) is 0 Å². The molecule has 2 aromatic rings. The SMILES string of the molecule is CCN1CCN(C(=O)c2cc3cn(C(C)C)cc3s2)CC1. The molecule has 0 spiro atoms. The first kappa shape index (κ1) is 14.6. The van der Waals surface area contributed by atoms with Gasteiger partial charge in [0.15, 0.2) is 0 Å². The maximum Gasteiger partial charge on any atom is 0.264 e. The number of hydrogen-bond acceptors (Lipinski definition) is 3. The molecule has 4 nitrogen and oxygen atoms in total. The van der Waals surface area contributed by atoms with Gasteiger partial charge >= 0.3 is 0 Å². The summed E-state index contributed by atoms with van der Waals surface area (Å²) < 4.78 is 3.41. The fraction of sp³-hybridized carbons (Fsp3) is 0.562. The van der Waals surface area contributed by atoms with Crippen LogP contribution in [-0.2, 0) is 0 Å². The third-order valence-electron chi connectivity index (χ3n) is 4.26. The van der Waals surface area contributed by atoms with Crippen molar-refractivity contribution in [1.29, 1.82) is 0 Å². The van der Waals surface area contributed by atoms with Crippen molar-refractivity contribution in [3.63, 3.8) is 0 Å². The third kappa shape index (κ3) is 2.85. The Morgan fingerprint density at radius 1 is 1.24 bits per heavy atom. The molecule has 0 aromatic carbocycles. The van der Waals surface area contributed by atoms with Gasteiger partial charge < -0.3 is 14.4 Å². The first-order valence-corrected chi connectivity index (χ1v) is 8.52. The Hall–Kier alpha value is -1.33. The molecule has 0 bridgehead atoms. The number of aromatic nitrogens is 1. The van der Waals surface area contributed by atoms with Crippen molar-refractivity contribution in [1.82, 2.24) is 14.4 Å². The Bertz CT molecular complexity index is 604. The van der Waals surface area contributed by atoms with Gasteiger partial charge in [-0.1, -0.05) is 6.92 Å². The molecule has 0 N–H and O–H groups in total. The molecule has 3 heterocycles. The van der Waals surface area contributed by atoms with E-state index in [2.05, 4.69) is 42.6 Å². The molecule has 0 saturated carbocycles. The van der Waals surface area contributed by atoms with E-state index in [9.17, 15) is 4.79 Å². The minimum absolute atomic E-state index is 0.197. The highest BCUT2D eigenvalue weighted by Gasteiger charge is 2.23. The lowest BCUT2D eigenvalue weighted by atomic mass is 10.3. The average Bonchev–Trinajstić information content (AvgIpc) is 3.05. The first-order valence-electron chi connectivity index (χ1n) is 7.71. The second-order valence-electron chi connectivity index (χ2n) is 5.96. The quantitative estimate of drug-likeness (QED) is 0.872. The van der Waals surface area contributed by atoms with Gasteiger partial charge in [-0.2, -0.15) is 0 Å². The topological polar surface area (TPSA) is 28.5 Å². The Morgan fingerprint density at radius 3 is 2.52 bits per heavy atom. The predicted molar refractivity (Wildman–Crippen MR) is 88.2 cm³/mol. The second kappa shape index (κ2) is 5.81. The van der Waals surface area contributed by atoms with Gasteiger partial charge in [-0.15, -0.1) is 11.3 Å². The number of likely N-dealkylation sites (N-methyl/N-ethyl adjacent to an activating group) is 1. The summed E-state index contributed by atoms with van der Waals surface area (Å²) in [6.45, 7) is 11.3. The number of thiophene rings is 1. The highest BCUT2D eigenvalue weighted by atomic mass is 32.1. The monoisotopic (exact) mass is 305 g/mol. The summed E-state index contributed by atoms with van der Waals surface area (Å²) in [6.07, 6.45) is 4.29. The van der Waals surface area contributed by atoms with Crippen LogP contribution in [0.3, 0.4) is 0 Å². The molecule has 1 aliphatic rings. The zero-order valence-corrected chi connectivity index (χ0v) is 13.8. The minimum atomic E-state index is 0.197. The molecule has 5 heteroatoms. The van der Waals surface area contributed by atoms with E-state index in [-0.39, 0.29) is 5.91 Å². The summed E-state index contributed by atoms with van der Waals surface area (Å²) >= 11 is 1.62. The number of piperazine rings is 1. The zero-order valence-electron chi connectivity index (χ0n) is 13.0. The second-order valence-corrected chi connectivity index (χ2v) is 7.04. The summed E-state index contributed by atoms with van der Waals surface area (Å²) in [6, 6.07) is 2.51. The maximum atomic E-state index is 12.6. The molecule has 0 aliphatic carbocycles. The van der Waals surface area contributed by atoms with Crippen LogP contribution in [0.25, 0.3) is 10.1 Å². The van der Waals surface area contributed by atoms with Gasteiger partial charge in [-0.3, -0.25) is 4.79 Å². The highest BCUT2D eigenvalue weighted by molar-refractivity contribution is 7.20. The van der Waals surface area contributed by atoms with Crippen molar-refractivity contribution in [2.24, 2.45) is 0 Å². The van der Waals surface area contributed by atoms with E-state index in [0.717, 1.165) is 37.6 Å². The molecular weight excluding hydrogens is 282 g/mol. The molecule has 2 aromatic heterocycles. The van der Waals surface area contributed by atoms with Gasteiger partial charge in [0.25, 0.3) is 5.91 Å². The summed E-state index contributed by atoms with van der Waals surface area (Å²) in [5, 5.41) is 1.18. The number of hydrogen-bond donors (Lipinski definition) is 0. The summed E-state index contributed by atoms with van der Waals surface area (Å²) in [5.41, 5.74) is 0.